The Labute approximate surface area is 202 Å². The van der Waals surface area contributed by atoms with Crippen LogP contribution in [0.3, 0.4) is 0 Å². The van der Waals surface area contributed by atoms with Crippen LogP contribution < -0.4 is 10.2 Å². The first kappa shape index (κ1) is 21.1. The van der Waals surface area contributed by atoms with Gasteiger partial charge in [-0.25, -0.2) is 0 Å². The number of carbonyl (C=O) groups excluding carboxylic acids is 3. The molecule has 3 fully saturated rings. The van der Waals surface area contributed by atoms with Gasteiger partial charge in [0.2, 0.25) is 11.8 Å². The van der Waals surface area contributed by atoms with Crippen molar-refractivity contribution in [3.8, 4) is 0 Å². The van der Waals surface area contributed by atoms with Gasteiger partial charge in [0.05, 0.1) is 17.5 Å². The van der Waals surface area contributed by atoms with Crippen LogP contribution in [0.5, 0.6) is 0 Å². The van der Waals surface area contributed by atoms with Crippen molar-refractivity contribution in [3.63, 3.8) is 0 Å². The third-order valence-electron chi connectivity index (χ3n) is 7.71. The van der Waals surface area contributed by atoms with E-state index in [1.807, 2.05) is 18.2 Å². The van der Waals surface area contributed by atoms with Crippen LogP contribution in [0, 0.1) is 23.7 Å². The minimum absolute atomic E-state index is 0.121. The summed E-state index contributed by atoms with van der Waals surface area (Å²) in [6.45, 7) is 0. The lowest BCUT2D eigenvalue weighted by molar-refractivity contribution is -0.123. The second-order valence-electron chi connectivity index (χ2n) is 9.49. The molecule has 34 heavy (non-hydrogen) atoms. The Hall–Kier alpha value is -3.44. The second kappa shape index (κ2) is 8.10. The molecule has 6 rings (SSSR count). The third kappa shape index (κ3) is 3.34. The van der Waals surface area contributed by atoms with Crippen molar-refractivity contribution in [1.82, 2.24) is 0 Å². The van der Waals surface area contributed by atoms with Gasteiger partial charge in [0.25, 0.3) is 5.91 Å². The molecule has 0 aromatic heterocycles. The number of nitrogens with one attached hydrogen (secondary N) is 1. The van der Waals surface area contributed by atoms with Crippen LogP contribution in [0.1, 0.15) is 34.7 Å². The van der Waals surface area contributed by atoms with Crippen LogP contribution in [-0.4, -0.2) is 17.7 Å². The van der Waals surface area contributed by atoms with Crippen LogP contribution >= 0.6 is 11.6 Å². The molecule has 6 heteroatoms. The molecule has 2 saturated carbocycles. The SMILES string of the molecule is O=C(Nc1ccc(Cl)cc1)c1cccc(N2C(=O)[C@@H]3[C@@H]4C[C@@H]([C@@H]3C2=O)[C@@H](c2ccccc2)C4)c1. The fourth-order valence-electron chi connectivity index (χ4n) is 6.32. The minimum atomic E-state index is -0.312. The van der Waals surface area contributed by atoms with E-state index in [4.69, 9.17) is 11.6 Å². The van der Waals surface area contributed by atoms with Gasteiger partial charge in [-0.3, -0.25) is 19.3 Å². The van der Waals surface area contributed by atoms with E-state index in [2.05, 4.69) is 17.4 Å². The smallest absolute Gasteiger partial charge is 0.255 e. The van der Waals surface area contributed by atoms with E-state index in [-0.39, 0.29) is 41.4 Å². The predicted molar refractivity (Wildman–Crippen MR) is 131 cm³/mol. The molecule has 3 aromatic carbocycles. The molecular weight excluding hydrogens is 448 g/mol. The van der Waals surface area contributed by atoms with Crippen LogP contribution in [0.25, 0.3) is 0 Å². The van der Waals surface area contributed by atoms with Crippen LogP contribution in [0.2, 0.25) is 5.02 Å². The lowest BCUT2D eigenvalue weighted by atomic mass is 9.73. The van der Waals surface area contributed by atoms with Crippen molar-refractivity contribution in [3.05, 3.63) is 95.0 Å². The number of rotatable bonds is 4. The average Bonchev–Trinajstić information content (AvgIpc) is 3.52. The summed E-state index contributed by atoms with van der Waals surface area (Å²) in [5, 5.41) is 3.41. The highest BCUT2D eigenvalue weighted by atomic mass is 35.5. The lowest BCUT2D eigenvalue weighted by Crippen LogP contribution is -2.33. The van der Waals surface area contributed by atoms with Crippen LogP contribution in [-0.2, 0) is 9.59 Å². The zero-order chi connectivity index (χ0) is 23.4. The molecule has 3 aliphatic rings. The van der Waals surface area contributed by atoms with E-state index in [9.17, 15) is 14.4 Å². The number of amides is 3. The van der Waals surface area contributed by atoms with Crippen molar-refractivity contribution < 1.29 is 14.4 Å². The average molecular weight is 471 g/mol. The minimum Gasteiger partial charge on any atom is -0.322 e. The van der Waals surface area contributed by atoms with Crippen molar-refractivity contribution in [2.75, 3.05) is 10.2 Å². The standard InChI is InChI=1S/C28H23ClN2O3/c29-19-9-11-20(12-10-19)30-26(32)17-7-4-8-21(13-17)31-27(33)24-18-14-22(16-5-2-1-3-6-16)23(15-18)25(24)28(31)34/h1-13,18,22-25H,14-15H2,(H,30,32)/t18-,22+,23+,24+,25-/m0/s1. The van der Waals surface area contributed by atoms with E-state index >= 15 is 0 Å². The maximum Gasteiger partial charge on any atom is 0.255 e. The first-order valence-corrected chi connectivity index (χ1v) is 12.0. The fraction of sp³-hybridized carbons (Fsp3) is 0.250. The molecule has 2 bridgehead atoms. The molecule has 3 amide bonds. The normalized spacial score (nSPS) is 27.2. The summed E-state index contributed by atoms with van der Waals surface area (Å²) in [4.78, 5) is 41.1. The molecule has 5 nitrogen and oxygen atoms in total. The number of anilines is 2. The topological polar surface area (TPSA) is 66.5 Å². The summed E-state index contributed by atoms with van der Waals surface area (Å²) in [6.07, 6.45) is 1.88. The number of hydrogen-bond donors (Lipinski definition) is 1. The summed E-state index contributed by atoms with van der Waals surface area (Å²) in [5.41, 5.74) is 2.72. The molecule has 1 aliphatic heterocycles. The van der Waals surface area contributed by atoms with Gasteiger partial charge in [0.1, 0.15) is 0 Å². The quantitative estimate of drug-likeness (QED) is 0.510. The number of carbonyl (C=O) groups is 3. The molecule has 0 spiro atoms. The highest BCUT2D eigenvalue weighted by Gasteiger charge is 2.64. The Kier molecular flexibility index (Phi) is 5.03. The first-order chi connectivity index (χ1) is 16.5. The lowest BCUT2D eigenvalue weighted by Gasteiger charge is -2.28. The molecule has 0 radical (unpaired) electrons. The molecule has 1 saturated heterocycles. The number of nitrogens with zero attached hydrogens (tertiary/aromatic N) is 1. The predicted octanol–water partition coefficient (Wildman–Crippen LogP) is 5.52. The van der Waals surface area contributed by atoms with Gasteiger partial charge >= 0.3 is 0 Å². The van der Waals surface area contributed by atoms with Gasteiger partial charge in [-0.05, 0) is 78.6 Å². The van der Waals surface area contributed by atoms with Gasteiger partial charge < -0.3 is 5.32 Å². The van der Waals surface area contributed by atoms with Gasteiger partial charge in [0, 0.05) is 16.3 Å². The summed E-state index contributed by atoms with van der Waals surface area (Å²) in [6, 6.07) is 23.9. The van der Waals surface area contributed by atoms with E-state index in [0.29, 0.717) is 27.9 Å². The van der Waals surface area contributed by atoms with Gasteiger partial charge in [0.15, 0.2) is 0 Å². The number of fused-ring (bicyclic) bond motifs is 5. The first-order valence-electron chi connectivity index (χ1n) is 11.6. The Bertz CT molecular complexity index is 1290. The molecule has 170 valence electrons. The van der Waals surface area contributed by atoms with Crippen LogP contribution in [0.4, 0.5) is 11.4 Å². The summed E-state index contributed by atoms with van der Waals surface area (Å²) in [5.74, 6) is -0.337. The summed E-state index contributed by atoms with van der Waals surface area (Å²) in [7, 11) is 0. The van der Waals surface area contributed by atoms with Gasteiger partial charge in [-0.2, -0.15) is 0 Å². The zero-order valence-corrected chi connectivity index (χ0v) is 19.1. The molecule has 1 heterocycles. The highest BCUT2D eigenvalue weighted by Crippen LogP contribution is 2.61. The Morgan fingerprint density at radius 3 is 2.35 bits per heavy atom. The Morgan fingerprint density at radius 2 is 1.59 bits per heavy atom. The third-order valence-corrected chi connectivity index (χ3v) is 7.96. The molecular formula is C28H23ClN2O3. The molecule has 3 aromatic rings. The number of halogens is 1. The zero-order valence-electron chi connectivity index (χ0n) is 18.4. The maximum absolute atomic E-state index is 13.6. The monoisotopic (exact) mass is 470 g/mol. The second-order valence-corrected chi connectivity index (χ2v) is 9.92. The van der Waals surface area contributed by atoms with Crippen molar-refractivity contribution in [2.24, 2.45) is 23.7 Å². The number of imide groups is 1. The largest absolute Gasteiger partial charge is 0.322 e. The summed E-state index contributed by atoms with van der Waals surface area (Å²) < 4.78 is 0. The van der Waals surface area contributed by atoms with E-state index in [1.165, 1.54) is 10.5 Å². The van der Waals surface area contributed by atoms with Crippen LogP contribution in [0.15, 0.2) is 78.9 Å². The molecule has 0 unspecified atom stereocenters. The Morgan fingerprint density at radius 1 is 0.853 bits per heavy atom. The molecule has 5 atom stereocenters. The maximum atomic E-state index is 13.6. The Balaban J connectivity index is 1.25. The van der Waals surface area contributed by atoms with Crippen molar-refractivity contribution in [2.45, 2.75) is 18.8 Å². The van der Waals surface area contributed by atoms with E-state index in [0.717, 1.165) is 12.8 Å². The molecule has 1 N–H and O–H groups in total. The number of benzene rings is 3. The summed E-state index contributed by atoms with van der Waals surface area (Å²) >= 11 is 5.91. The van der Waals surface area contributed by atoms with Gasteiger partial charge in [-0.1, -0.05) is 48.0 Å². The van der Waals surface area contributed by atoms with Gasteiger partial charge in [-0.15, -0.1) is 0 Å². The van der Waals surface area contributed by atoms with Crippen molar-refractivity contribution in [1.29, 1.82) is 0 Å². The fourth-order valence-corrected chi connectivity index (χ4v) is 6.45. The van der Waals surface area contributed by atoms with Crippen molar-refractivity contribution >= 4 is 40.7 Å². The number of hydrogen-bond acceptors (Lipinski definition) is 3. The van der Waals surface area contributed by atoms with E-state index < -0.39 is 0 Å². The van der Waals surface area contributed by atoms with E-state index in [1.54, 1.807) is 48.5 Å². The highest BCUT2D eigenvalue weighted by molar-refractivity contribution is 6.30. The molecule has 2 aliphatic carbocycles.